The van der Waals surface area contributed by atoms with Crippen molar-refractivity contribution in [2.75, 3.05) is 37.9 Å². The van der Waals surface area contributed by atoms with Crippen LogP contribution < -0.4 is 20.1 Å². The molecule has 124 valence electrons. The molecule has 4 rings (SSSR count). The van der Waals surface area contributed by atoms with Gasteiger partial charge in [0.05, 0.1) is 3.57 Å². The normalized spacial score (nSPS) is 15.2. The SMILES string of the molecule is CN(C)c1nc(N)nc2c1I=C(c1ccc3c(c1)OCCO3)C=N2. The molecule has 7 nitrogen and oxygen atoms in total. The van der Waals surface area contributed by atoms with E-state index in [1.165, 1.54) is 3.51 Å². The Labute approximate surface area is 149 Å². The summed E-state index contributed by atoms with van der Waals surface area (Å²) in [5, 5.41) is 0. The molecule has 1 aromatic heterocycles. The molecule has 0 unspecified atom stereocenters. The zero-order valence-electron chi connectivity index (χ0n) is 13.3. The molecule has 0 saturated carbocycles. The third-order valence-electron chi connectivity index (χ3n) is 3.57. The van der Waals surface area contributed by atoms with E-state index in [-0.39, 0.29) is 5.95 Å². The predicted octanol–water partition coefficient (Wildman–Crippen LogP) is 1.97. The van der Waals surface area contributed by atoms with Crippen molar-refractivity contribution in [1.82, 2.24) is 9.97 Å². The lowest BCUT2D eigenvalue weighted by molar-refractivity contribution is 0.171. The van der Waals surface area contributed by atoms with Gasteiger partial charge in [0.15, 0.2) is 17.3 Å². The molecule has 0 radical (unpaired) electrons. The maximum atomic E-state index is 5.79. The van der Waals surface area contributed by atoms with Gasteiger partial charge in [0.25, 0.3) is 0 Å². The third kappa shape index (κ3) is 2.70. The number of nitrogens with zero attached hydrogens (tertiary/aromatic N) is 4. The van der Waals surface area contributed by atoms with Crippen molar-refractivity contribution >= 4 is 48.0 Å². The largest absolute Gasteiger partial charge is 0.486 e. The van der Waals surface area contributed by atoms with Crippen LogP contribution in [0.3, 0.4) is 0 Å². The van der Waals surface area contributed by atoms with Crippen LogP contribution in [0, 0.1) is 3.57 Å². The maximum absolute atomic E-state index is 5.79. The van der Waals surface area contributed by atoms with Crippen molar-refractivity contribution in [3.05, 3.63) is 27.3 Å². The molecule has 2 aliphatic heterocycles. The first-order valence-corrected chi connectivity index (χ1v) is 9.58. The van der Waals surface area contributed by atoms with Crippen molar-refractivity contribution < 1.29 is 9.47 Å². The molecule has 3 heterocycles. The van der Waals surface area contributed by atoms with E-state index in [2.05, 4.69) is 15.0 Å². The average Bonchev–Trinajstić information content (AvgIpc) is 2.60. The minimum atomic E-state index is -0.483. The molecule has 2 N–H and O–H groups in total. The van der Waals surface area contributed by atoms with Gasteiger partial charge < -0.3 is 20.1 Å². The Bertz CT molecular complexity index is 879. The fraction of sp³-hybridized carbons (Fsp3) is 0.250. The molecule has 0 spiro atoms. The first kappa shape index (κ1) is 15.3. The topological polar surface area (TPSA) is 85.9 Å². The Morgan fingerprint density at radius 3 is 2.71 bits per heavy atom. The van der Waals surface area contributed by atoms with E-state index < -0.39 is 20.7 Å². The Morgan fingerprint density at radius 1 is 1.12 bits per heavy atom. The lowest BCUT2D eigenvalue weighted by Crippen LogP contribution is -2.17. The Morgan fingerprint density at radius 2 is 1.92 bits per heavy atom. The van der Waals surface area contributed by atoms with Gasteiger partial charge in [0, 0.05) is 23.8 Å². The van der Waals surface area contributed by atoms with Crippen LogP contribution in [-0.4, -0.2) is 47.0 Å². The Kier molecular flexibility index (Phi) is 3.83. The number of hydrogen-bond donors (Lipinski definition) is 1. The number of aliphatic imine (C=N–C) groups is 1. The highest BCUT2D eigenvalue weighted by molar-refractivity contribution is 14.2. The number of anilines is 2. The standard InChI is InChI=1S/C16H16IN5O2/c1-22(2)15-13-14(20-16(18)21-15)19-8-10(17-13)9-3-4-11-12(7-9)24-6-5-23-11/h3-4,7-8H,5-6H2,1-2H3,(H2,18,19,20,21). The number of hydrogen-bond acceptors (Lipinski definition) is 7. The minimum Gasteiger partial charge on any atom is -0.486 e. The van der Waals surface area contributed by atoms with Crippen LogP contribution in [-0.2, 0) is 0 Å². The number of fused-ring (bicyclic) bond motifs is 2. The lowest BCUT2D eigenvalue weighted by Gasteiger charge is -2.20. The second-order valence-electron chi connectivity index (χ2n) is 5.50. The van der Waals surface area contributed by atoms with Gasteiger partial charge in [-0.2, -0.15) is 9.97 Å². The summed E-state index contributed by atoms with van der Waals surface area (Å²) in [5.74, 6) is 3.36. The lowest BCUT2D eigenvalue weighted by atomic mass is 10.1. The van der Waals surface area contributed by atoms with Crippen molar-refractivity contribution in [2.24, 2.45) is 4.99 Å². The van der Waals surface area contributed by atoms with Gasteiger partial charge >= 0.3 is 0 Å². The minimum absolute atomic E-state index is 0.251. The summed E-state index contributed by atoms with van der Waals surface area (Å²) in [6.45, 7) is 1.17. The average molecular weight is 437 g/mol. The number of benzene rings is 1. The van der Waals surface area contributed by atoms with Crippen LogP contribution in [0.5, 0.6) is 11.5 Å². The molecule has 0 fully saturated rings. The molecule has 0 atom stereocenters. The highest BCUT2D eigenvalue weighted by atomic mass is 127. The van der Waals surface area contributed by atoms with Crippen LogP contribution >= 0.6 is 20.7 Å². The predicted molar refractivity (Wildman–Crippen MR) is 103 cm³/mol. The van der Waals surface area contributed by atoms with E-state index in [4.69, 9.17) is 15.2 Å². The number of ether oxygens (including phenoxy) is 2. The summed E-state index contributed by atoms with van der Waals surface area (Å²) < 4.78 is 13.5. The highest BCUT2D eigenvalue weighted by Crippen LogP contribution is 2.37. The van der Waals surface area contributed by atoms with Gasteiger partial charge in [0.2, 0.25) is 5.95 Å². The van der Waals surface area contributed by atoms with E-state index >= 15 is 0 Å². The molecule has 0 bridgehead atoms. The van der Waals surface area contributed by atoms with Gasteiger partial charge in [-0.1, -0.05) is 20.7 Å². The smallest absolute Gasteiger partial charge is 0.224 e. The molecule has 1 aromatic carbocycles. The van der Waals surface area contributed by atoms with Crippen LogP contribution in [0.15, 0.2) is 23.2 Å². The van der Waals surface area contributed by atoms with Crippen LogP contribution in [0.4, 0.5) is 17.6 Å². The molecule has 2 aromatic rings. The summed E-state index contributed by atoms with van der Waals surface area (Å²) in [7, 11) is 3.90. The van der Waals surface area contributed by atoms with E-state index in [9.17, 15) is 0 Å². The fourth-order valence-electron chi connectivity index (χ4n) is 2.47. The highest BCUT2D eigenvalue weighted by Gasteiger charge is 2.19. The number of nitrogen functional groups attached to an aromatic ring is 1. The van der Waals surface area contributed by atoms with E-state index in [1.54, 1.807) is 0 Å². The van der Waals surface area contributed by atoms with Gasteiger partial charge in [0.1, 0.15) is 19.0 Å². The molecule has 2 aliphatic rings. The van der Waals surface area contributed by atoms with Crippen molar-refractivity contribution in [3.63, 3.8) is 0 Å². The van der Waals surface area contributed by atoms with Crippen molar-refractivity contribution in [2.45, 2.75) is 0 Å². The molecule has 24 heavy (non-hydrogen) atoms. The van der Waals surface area contributed by atoms with Crippen LogP contribution in [0.25, 0.3) is 0 Å². The molecular formula is C16H16IN5O2. The maximum Gasteiger partial charge on any atom is 0.224 e. The van der Waals surface area contributed by atoms with Crippen LogP contribution in [0.2, 0.25) is 0 Å². The monoisotopic (exact) mass is 437 g/mol. The van der Waals surface area contributed by atoms with E-state index in [1.807, 2.05) is 43.4 Å². The molecule has 0 amide bonds. The van der Waals surface area contributed by atoms with Crippen molar-refractivity contribution in [3.8, 4) is 11.5 Å². The molecular weight excluding hydrogens is 421 g/mol. The summed E-state index contributed by atoms with van der Waals surface area (Å²) >= 11 is -0.483. The zero-order chi connectivity index (χ0) is 16.7. The quantitative estimate of drug-likeness (QED) is 0.724. The summed E-state index contributed by atoms with van der Waals surface area (Å²) in [4.78, 5) is 15.1. The van der Waals surface area contributed by atoms with Gasteiger partial charge in [-0.05, 0) is 23.8 Å². The third-order valence-corrected chi connectivity index (χ3v) is 6.56. The Balaban J connectivity index is 1.79. The summed E-state index contributed by atoms with van der Waals surface area (Å²) in [6.07, 6.45) is 1.88. The van der Waals surface area contributed by atoms with Gasteiger partial charge in [-0.25, -0.2) is 4.99 Å². The fourth-order valence-corrected chi connectivity index (χ4v) is 5.32. The van der Waals surface area contributed by atoms with Gasteiger partial charge in [-0.15, -0.1) is 0 Å². The van der Waals surface area contributed by atoms with Crippen LogP contribution in [0.1, 0.15) is 5.56 Å². The number of nitrogens with two attached hydrogens (primary N) is 1. The Hall–Kier alpha value is -2.23. The van der Waals surface area contributed by atoms with E-state index in [0.717, 1.165) is 26.5 Å². The number of aromatic nitrogens is 2. The molecule has 0 saturated heterocycles. The number of rotatable bonds is 2. The van der Waals surface area contributed by atoms with Gasteiger partial charge in [-0.3, -0.25) is 0 Å². The number of halogens is 1. The summed E-state index contributed by atoms with van der Waals surface area (Å²) in [5.41, 5.74) is 6.89. The molecule has 8 heteroatoms. The summed E-state index contributed by atoms with van der Waals surface area (Å²) in [6, 6.07) is 6.03. The molecule has 0 aliphatic carbocycles. The first-order chi connectivity index (χ1) is 11.6. The second kappa shape index (κ2) is 6.00. The first-order valence-electron chi connectivity index (χ1n) is 7.42. The van der Waals surface area contributed by atoms with Crippen molar-refractivity contribution in [1.29, 1.82) is 0 Å². The van der Waals surface area contributed by atoms with E-state index in [0.29, 0.717) is 19.0 Å². The second-order valence-corrected chi connectivity index (χ2v) is 8.28. The zero-order valence-corrected chi connectivity index (χ0v) is 15.4.